The molecule has 1 saturated carbocycles. The minimum absolute atomic E-state index is 0.524. The molecule has 0 saturated heterocycles. The molecule has 1 fully saturated rings. The summed E-state index contributed by atoms with van der Waals surface area (Å²) in [7, 11) is 0. The number of hydrogen-bond donors (Lipinski definition) is 0. The van der Waals surface area contributed by atoms with Crippen molar-refractivity contribution in [3.63, 3.8) is 0 Å². The molecule has 4 rings (SSSR count). The maximum absolute atomic E-state index is 5.72. The van der Waals surface area contributed by atoms with Crippen molar-refractivity contribution in [2.75, 3.05) is 0 Å². The predicted octanol–water partition coefficient (Wildman–Crippen LogP) is 3.43. The Morgan fingerprint density at radius 1 is 1.14 bits per heavy atom. The zero-order valence-electron chi connectivity index (χ0n) is 12.5. The van der Waals surface area contributed by atoms with Crippen LogP contribution in [0.5, 0.6) is 0 Å². The molecule has 2 aromatic heterocycles. The number of benzene rings is 1. The second-order valence-electron chi connectivity index (χ2n) is 5.88. The van der Waals surface area contributed by atoms with E-state index in [0.29, 0.717) is 30.5 Å². The van der Waals surface area contributed by atoms with E-state index in [4.69, 9.17) is 8.94 Å². The summed E-state index contributed by atoms with van der Waals surface area (Å²) in [6.07, 6.45) is 5.31. The molecule has 112 valence electrons. The van der Waals surface area contributed by atoms with Crippen molar-refractivity contribution in [2.45, 2.75) is 38.5 Å². The SMILES string of the molecule is Cc1ccc(Cc2nc(Cc3cnc(C4CC4)o3)no2)cc1. The highest BCUT2D eigenvalue weighted by atomic mass is 16.5. The molecule has 0 N–H and O–H groups in total. The number of oxazole rings is 1. The molecule has 3 aromatic rings. The second kappa shape index (κ2) is 5.40. The lowest BCUT2D eigenvalue weighted by atomic mass is 10.1. The molecule has 0 radical (unpaired) electrons. The van der Waals surface area contributed by atoms with Crippen LogP contribution in [-0.4, -0.2) is 15.1 Å². The van der Waals surface area contributed by atoms with Gasteiger partial charge in [0.15, 0.2) is 11.7 Å². The van der Waals surface area contributed by atoms with Gasteiger partial charge in [-0.15, -0.1) is 0 Å². The van der Waals surface area contributed by atoms with E-state index in [1.165, 1.54) is 18.4 Å². The highest BCUT2D eigenvalue weighted by Gasteiger charge is 2.28. The molecular formula is C17H17N3O2. The standard InChI is InChI=1S/C17H17N3O2/c1-11-2-4-12(5-3-11)8-16-19-15(20-22-16)9-14-10-18-17(21-14)13-6-7-13/h2-5,10,13H,6-9H2,1H3. The highest BCUT2D eigenvalue weighted by molar-refractivity contribution is 5.23. The van der Waals surface area contributed by atoms with Gasteiger partial charge in [0.05, 0.1) is 19.0 Å². The predicted molar refractivity (Wildman–Crippen MR) is 79.6 cm³/mol. The summed E-state index contributed by atoms with van der Waals surface area (Å²) in [5.74, 6) is 3.43. The largest absolute Gasteiger partial charge is 0.445 e. The van der Waals surface area contributed by atoms with Gasteiger partial charge in [-0.3, -0.25) is 0 Å². The molecule has 22 heavy (non-hydrogen) atoms. The number of rotatable bonds is 5. The maximum atomic E-state index is 5.72. The summed E-state index contributed by atoms with van der Waals surface area (Å²) in [5, 5.41) is 4.02. The van der Waals surface area contributed by atoms with Crippen LogP contribution in [0, 0.1) is 6.92 Å². The van der Waals surface area contributed by atoms with Gasteiger partial charge in [0.25, 0.3) is 0 Å². The van der Waals surface area contributed by atoms with Gasteiger partial charge in [-0.05, 0) is 25.3 Å². The van der Waals surface area contributed by atoms with Gasteiger partial charge in [0.2, 0.25) is 5.89 Å². The Morgan fingerprint density at radius 3 is 2.73 bits per heavy atom. The van der Waals surface area contributed by atoms with Crippen molar-refractivity contribution in [1.29, 1.82) is 0 Å². The molecule has 5 nitrogen and oxygen atoms in total. The monoisotopic (exact) mass is 295 g/mol. The number of hydrogen-bond acceptors (Lipinski definition) is 5. The van der Waals surface area contributed by atoms with Crippen LogP contribution in [-0.2, 0) is 12.8 Å². The molecule has 0 bridgehead atoms. The molecule has 0 atom stereocenters. The van der Waals surface area contributed by atoms with E-state index in [2.05, 4.69) is 46.3 Å². The molecule has 1 aliphatic rings. The first-order chi connectivity index (χ1) is 10.8. The first-order valence-corrected chi connectivity index (χ1v) is 7.58. The van der Waals surface area contributed by atoms with E-state index in [9.17, 15) is 0 Å². The fourth-order valence-electron chi connectivity index (χ4n) is 2.39. The van der Waals surface area contributed by atoms with Crippen molar-refractivity contribution >= 4 is 0 Å². The Morgan fingerprint density at radius 2 is 1.95 bits per heavy atom. The number of aromatic nitrogens is 3. The second-order valence-corrected chi connectivity index (χ2v) is 5.88. The third kappa shape index (κ3) is 2.93. The first kappa shape index (κ1) is 13.2. The number of nitrogens with zero attached hydrogens (tertiary/aromatic N) is 3. The van der Waals surface area contributed by atoms with Crippen LogP contribution in [0.15, 0.2) is 39.4 Å². The van der Waals surface area contributed by atoms with Crippen LogP contribution in [0.4, 0.5) is 0 Å². The fraction of sp³-hybridized carbons (Fsp3) is 0.353. The van der Waals surface area contributed by atoms with Gasteiger partial charge in [-0.1, -0.05) is 35.0 Å². The van der Waals surface area contributed by atoms with E-state index in [-0.39, 0.29) is 0 Å². The first-order valence-electron chi connectivity index (χ1n) is 7.58. The summed E-state index contributed by atoms with van der Waals surface area (Å²) in [6, 6.07) is 8.33. The fourth-order valence-corrected chi connectivity index (χ4v) is 2.39. The third-order valence-electron chi connectivity index (χ3n) is 3.82. The van der Waals surface area contributed by atoms with Crippen LogP contribution < -0.4 is 0 Å². The van der Waals surface area contributed by atoms with Gasteiger partial charge in [-0.2, -0.15) is 4.98 Å². The average molecular weight is 295 g/mol. The summed E-state index contributed by atoms with van der Waals surface area (Å²) < 4.78 is 11.0. The molecular weight excluding hydrogens is 278 g/mol. The molecule has 0 unspecified atom stereocenters. The lowest BCUT2D eigenvalue weighted by Crippen LogP contribution is -1.91. The average Bonchev–Trinajstić information content (AvgIpc) is 3.11. The summed E-state index contributed by atoms with van der Waals surface area (Å²) in [5.41, 5.74) is 2.41. The van der Waals surface area contributed by atoms with E-state index in [1.54, 1.807) is 6.20 Å². The van der Waals surface area contributed by atoms with Crippen LogP contribution in [0.2, 0.25) is 0 Å². The number of aryl methyl sites for hydroxylation is 1. The van der Waals surface area contributed by atoms with Crippen molar-refractivity contribution in [2.24, 2.45) is 0 Å². The Bertz CT molecular complexity index is 769. The van der Waals surface area contributed by atoms with Crippen LogP contribution in [0.25, 0.3) is 0 Å². The quantitative estimate of drug-likeness (QED) is 0.721. The lowest BCUT2D eigenvalue weighted by Gasteiger charge is -1.96. The molecule has 5 heteroatoms. The molecule has 0 spiro atoms. The van der Waals surface area contributed by atoms with Crippen molar-refractivity contribution in [3.8, 4) is 0 Å². The minimum Gasteiger partial charge on any atom is -0.445 e. The molecule has 0 amide bonds. The summed E-state index contributed by atoms with van der Waals surface area (Å²) in [6.45, 7) is 2.07. The Labute approximate surface area is 128 Å². The van der Waals surface area contributed by atoms with Crippen molar-refractivity contribution in [3.05, 3.63) is 65.0 Å². The maximum Gasteiger partial charge on any atom is 0.231 e. The van der Waals surface area contributed by atoms with E-state index in [1.807, 2.05) is 0 Å². The zero-order valence-corrected chi connectivity index (χ0v) is 12.5. The van der Waals surface area contributed by atoms with Gasteiger partial charge >= 0.3 is 0 Å². The Hall–Kier alpha value is -2.43. The molecule has 0 aliphatic heterocycles. The van der Waals surface area contributed by atoms with Crippen molar-refractivity contribution < 1.29 is 8.94 Å². The Kier molecular flexibility index (Phi) is 3.25. The molecule has 2 heterocycles. The topological polar surface area (TPSA) is 65.0 Å². The smallest absolute Gasteiger partial charge is 0.231 e. The van der Waals surface area contributed by atoms with Gasteiger partial charge in [0, 0.05) is 5.92 Å². The zero-order chi connectivity index (χ0) is 14.9. The van der Waals surface area contributed by atoms with Gasteiger partial charge in [0.1, 0.15) is 5.76 Å². The Balaban J connectivity index is 1.42. The summed E-state index contributed by atoms with van der Waals surface area (Å²) >= 11 is 0. The van der Waals surface area contributed by atoms with Crippen LogP contribution >= 0.6 is 0 Å². The van der Waals surface area contributed by atoms with E-state index >= 15 is 0 Å². The third-order valence-corrected chi connectivity index (χ3v) is 3.82. The summed E-state index contributed by atoms with van der Waals surface area (Å²) in [4.78, 5) is 8.73. The molecule has 1 aromatic carbocycles. The van der Waals surface area contributed by atoms with Crippen molar-refractivity contribution in [1.82, 2.24) is 15.1 Å². The van der Waals surface area contributed by atoms with Crippen LogP contribution in [0.3, 0.4) is 0 Å². The molecule has 1 aliphatic carbocycles. The normalized spacial score (nSPS) is 14.4. The lowest BCUT2D eigenvalue weighted by molar-refractivity contribution is 0.378. The highest BCUT2D eigenvalue weighted by Crippen LogP contribution is 2.39. The van der Waals surface area contributed by atoms with E-state index in [0.717, 1.165) is 17.2 Å². The van der Waals surface area contributed by atoms with Gasteiger partial charge < -0.3 is 8.94 Å². The minimum atomic E-state index is 0.524. The van der Waals surface area contributed by atoms with E-state index < -0.39 is 0 Å². The van der Waals surface area contributed by atoms with Gasteiger partial charge in [-0.25, -0.2) is 4.98 Å². The van der Waals surface area contributed by atoms with Crippen LogP contribution in [0.1, 0.15) is 53.3 Å².